The van der Waals surface area contributed by atoms with Gasteiger partial charge < -0.3 is 25.3 Å². The molecule has 5 heteroatoms. The fraction of sp³-hybridized carbons (Fsp3) is 0.654. The zero-order valence-electron chi connectivity index (χ0n) is 19.4. The van der Waals surface area contributed by atoms with Gasteiger partial charge >= 0.3 is 0 Å². The van der Waals surface area contributed by atoms with E-state index in [1.165, 1.54) is 49.8 Å². The molecule has 31 heavy (non-hydrogen) atoms. The van der Waals surface area contributed by atoms with Gasteiger partial charge in [-0.25, -0.2) is 0 Å². The van der Waals surface area contributed by atoms with E-state index in [1.807, 2.05) is 0 Å². The van der Waals surface area contributed by atoms with Crippen LogP contribution in [0.3, 0.4) is 0 Å². The highest BCUT2D eigenvalue weighted by Gasteiger charge is 2.39. The summed E-state index contributed by atoms with van der Waals surface area (Å²) in [5.41, 5.74) is 4.64. The van der Waals surface area contributed by atoms with Gasteiger partial charge in [0.05, 0.1) is 6.10 Å². The van der Waals surface area contributed by atoms with Crippen LogP contribution >= 0.6 is 0 Å². The van der Waals surface area contributed by atoms with Gasteiger partial charge in [0.1, 0.15) is 5.75 Å². The van der Waals surface area contributed by atoms with Crippen molar-refractivity contribution in [3.05, 3.63) is 29.5 Å². The van der Waals surface area contributed by atoms with Gasteiger partial charge in [-0.2, -0.15) is 0 Å². The Morgan fingerprint density at radius 2 is 1.87 bits per heavy atom. The number of nitrogens with one attached hydrogen (secondary N) is 2. The lowest BCUT2D eigenvalue weighted by molar-refractivity contribution is 0.118. The summed E-state index contributed by atoms with van der Waals surface area (Å²) in [5, 5.41) is 11.8. The maximum atomic E-state index is 8.17. The zero-order valence-corrected chi connectivity index (χ0v) is 19.4. The summed E-state index contributed by atoms with van der Waals surface area (Å²) in [5.74, 6) is 2.69. The first kappa shape index (κ1) is 20.9. The van der Waals surface area contributed by atoms with Gasteiger partial charge in [-0.1, -0.05) is 0 Å². The van der Waals surface area contributed by atoms with Crippen LogP contribution in [0.4, 0.5) is 5.69 Å². The van der Waals surface area contributed by atoms with Crippen molar-refractivity contribution in [3.63, 3.8) is 0 Å². The van der Waals surface area contributed by atoms with Crippen LogP contribution in [0, 0.1) is 17.2 Å². The molecule has 0 spiro atoms. The standard InChI is InChI=1S/C26H38N4O/c1-17-7-8-24-25(30(17)3)10-9-23(26(24)31-22-5-4-6-22)20(13-27)14-28-21-11-18-15-29(2)16-19(18)12-21/h9-10,13-14,17-19,21-22,27-28H,4-8,11-12,15-16H2,1-3H3/b20-14+,27-13?. The molecule has 2 aliphatic carbocycles. The van der Waals surface area contributed by atoms with E-state index in [4.69, 9.17) is 10.1 Å². The SMILES string of the molecule is CC1CCc2c(ccc(/C(C=N)=C/NC3CC4CN(C)CC4C3)c2OC2CCC2)N1C. The van der Waals surface area contributed by atoms with E-state index in [2.05, 4.69) is 54.5 Å². The maximum Gasteiger partial charge on any atom is 0.132 e. The Morgan fingerprint density at radius 3 is 2.52 bits per heavy atom. The molecule has 0 bridgehead atoms. The largest absolute Gasteiger partial charge is 0.489 e. The molecule has 168 valence electrons. The molecule has 0 radical (unpaired) electrons. The average Bonchev–Trinajstić information content (AvgIpc) is 3.25. The van der Waals surface area contributed by atoms with Crippen molar-refractivity contribution in [2.75, 3.05) is 32.1 Å². The molecular weight excluding hydrogens is 384 g/mol. The van der Waals surface area contributed by atoms with Gasteiger partial charge in [0, 0.05) is 67.0 Å². The van der Waals surface area contributed by atoms with Crippen LogP contribution in [0.2, 0.25) is 0 Å². The number of hydrogen-bond acceptors (Lipinski definition) is 5. The van der Waals surface area contributed by atoms with Crippen molar-refractivity contribution >= 4 is 17.5 Å². The minimum Gasteiger partial charge on any atom is -0.489 e. The fourth-order valence-corrected chi connectivity index (χ4v) is 6.07. The first-order chi connectivity index (χ1) is 15.0. The molecule has 1 saturated heterocycles. The number of rotatable bonds is 6. The van der Waals surface area contributed by atoms with Crippen molar-refractivity contribution < 1.29 is 4.74 Å². The second-order valence-corrected chi connectivity index (χ2v) is 10.4. The summed E-state index contributed by atoms with van der Waals surface area (Å²) in [6, 6.07) is 5.49. The lowest BCUT2D eigenvalue weighted by atomic mass is 9.91. The lowest BCUT2D eigenvalue weighted by Crippen LogP contribution is -2.34. The van der Waals surface area contributed by atoms with Crippen LogP contribution in [-0.2, 0) is 6.42 Å². The van der Waals surface area contributed by atoms with Crippen LogP contribution in [0.5, 0.6) is 5.75 Å². The van der Waals surface area contributed by atoms with Crippen LogP contribution < -0.4 is 15.0 Å². The third-order valence-corrected chi connectivity index (χ3v) is 8.30. The Labute approximate surface area is 187 Å². The van der Waals surface area contributed by atoms with Crippen LogP contribution in [-0.4, -0.2) is 56.5 Å². The molecule has 2 aliphatic heterocycles. The number of benzene rings is 1. The normalized spacial score (nSPS) is 31.2. The van der Waals surface area contributed by atoms with E-state index in [0.29, 0.717) is 18.2 Å². The van der Waals surface area contributed by atoms with Gasteiger partial charge in [0.2, 0.25) is 0 Å². The van der Waals surface area contributed by atoms with Gasteiger partial charge in [-0.05, 0) is 82.9 Å². The topological polar surface area (TPSA) is 51.6 Å². The van der Waals surface area contributed by atoms with Crippen molar-refractivity contribution in [2.24, 2.45) is 11.8 Å². The molecule has 3 unspecified atom stereocenters. The van der Waals surface area contributed by atoms with E-state index < -0.39 is 0 Å². The predicted molar refractivity (Wildman–Crippen MR) is 128 cm³/mol. The molecule has 2 heterocycles. The molecule has 0 amide bonds. The molecule has 5 rings (SSSR count). The second-order valence-electron chi connectivity index (χ2n) is 10.4. The second kappa shape index (κ2) is 8.50. The highest BCUT2D eigenvalue weighted by atomic mass is 16.5. The van der Waals surface area contributed by atoms with Crippen LogP contribution in [0.1, 0.15) is 56.6 Å². The summed E-state index contributed by atoms with van der Waals surface area (Å²) in [6.45, 7) is 4.77. The van der Waals surface area contributed by atoms with Crippen LogP contribution in [0.15, 0.2) is 18.3 Å². The number of fused-ring (bicyclic) bond motifs is 2. The lowest BCUT2D eigenvalue weighted by Gasteiger charge is -2.37. The smallest absolute Gasteiger partial charge is 0.132 e. The molecule has 5 nitrogen and oxygen atoms in total. The van der Waals surface area contributed by atoms with Crippen molar-refractivity contribution in [1.29, 1.82) is 5.41 Å². The monoisotopic (exact) mass is 422 g/mol. The summed E-state index contributed by atoms with van der Waals surface area (Å²) in [6.07, 6.45) is 12.2. The number of nitrogens with zero attached hydrogens (tertiary/aromatic N) is 2. The Balaban J connectivity index is 1.40. The minimum atomic E-state index is 0.334. The third kappa shape index (κ3) is 3.97. The molecule has 1 aromatic carbocycles. The summed E-state index contributed by atoms with van der Waals surface area (Å²) >= 11 is 0. The highest BCUT2D eigenvalue weighted by molar-refractivity contribution is 6.09. The summed E-state index contributed by atoms with van der Waals surface area (Å²) in [4.78, 5) is 4.86. The number of allylic oxidation sites excluding steroid dienone is 1. The summed E-state index contributed by atoms with van der Waals surface area (Å²) in [7, 11) is 4.44. The van der Waals surface area contributed by atoms with Crippen molar-refractivity contribution in [2.45, 2.75) is 70.1 Å². The third-order valence-electron chi connectivity index (χ3n) is 8.30. The van der Waals surface area contributed by atoms with E-state index >= 15 is 0 Å². The van der Waals surface area contributed by atoms with Crippen molar-refractivity contribution in [3.8, 4) is 5.75 Å². The minimum absolute atomic E-state index is 0.334. The maximum absolute atomic E-state index is 8.17. The van der Waals surface area contributed by atoms with Crippen LogP contribution in [0.25, 0.3) is 5.57 Å². The highest BCUT2D eigenvalue weighted by Crippen LogP contribution is 2.42. The Kier molecular flexibility index (Phi) is 5.72. The first-order valence-corrected chi connectivity index (χ1v) is 12.2. The van der Waals surface area contributed by atoms with E-state index in [-0.39, 0.29) is 0 Å². The molecule has 0 aromatic heterocycles. The first-order valence-electron chi connectivity index (χ1n) is 12.2. The molecular formula is C26H38N4O. The van der Waals surface area contributed by atoms with Gasteiger partial charge in [0.25, 0.3) is 0 Å². The number of likely N-dealkylation sites (tertiary alicyclic amines) is 1. The van der Waals surface area contributed by atoms with Gasteiger partial charge in [-0.15, -0.1) is 0 Å². The molecule has 3 atom stereocenters. The van der Waals surface area contributed by atoms with E-state index in [9.17, 15) is 0 Å². The molecule has 3 fully saturated rings. The number of anilines is 1. The summed E-state index contributed by atoms with van der Waals surface area (Å²) < 4.78 is 6.59. The number of ether oxygens (including phenoxy) is 1. The Hall–Kier alpha value is -2.01. The van der Waals surface area contributed by atoms with E-state index in [0.717, 1.165) is 54.4 Å². The molecule has 4 aliphatic rings. The molecule has 2 N–H and O–H groups in total. The number of hydrogen-bond donors (Lipinski definition) is 2. The fourth-order valence-electron chi connectivity index (χ4n) is 6.07. The van der Waals surface area contributed by atoms with E-state index in [1.54, 1.807) is 0 Å². The Bertz CT molecular complexity index is 847. The predicted octanol–water partition coefficient (Wildman–Crippen LogP) is 4.31. The quantitative estimate of drug-likeness (QED) is 0.671. The zero-order chi connectivity index (χ0) is 21.5. The molecule has 1 aromatic rings. The Morgan fingerprint density at radius 1 is 1.13 bits per heavy atom. The van der Waals surface area contributed by atoms with Gasteiger partial charge in [-0.3, -0.25) is 0 Å². The molecule has 2 saturated carbocycles. The average molecular weight is 423 g/mol. The van der Waals surface area contributed by atoms with Crippen molar-refractivity contribution in [1.82, 2.24) is 10.2 Å². The van der Waals surface area contributed by atoms with Gasteiger partial charge in [0.15, 0.2) is 0 Å².